The van der Waals surface area contributed by atoms with Gasteiger partial charge in [-0.3, -0.25) is 4.79 Å². The van der Waals surface area contributed by atoms with Gasteiger partial charge in [0, 0.05) is 19.6 Å². The molecule has 0 heterocycles. The van der Waals surface area contributed by atoms with Gasteiger partial charge in [0.1, 0.15) is 0 Å². The zero-order chi connectivity index (χ0) is 13.8. The maximum absolute atomic E-state index is 11.9. The molecule has 0 bridgehead atoms. The van der Waals surface area contributed by atoms with Crippen LogP contribution in [-0.2, 0) is 4.79 Å². The molecule has 104 valence electrons. The smallest absolute Gasteiger partial charge is 0.317 e. The number of aliphatic carboxylic acids is 1. The number of carboxylic acids is 1. The third kappa shape index (κ3) is 3.80. The van der Waals surface area contributed by atoms with Gasteiger partial charge in [-0.15, -0.1) is 0 Å². The van der Waals surface area contributed by atoms with Gasteiger partial charge in [0.25, 0.3) is 0 Å². The molecular weight excluding hydrogens is 252 g/mol. The molecule has 0 saturated heterocycles. The number of nitrogens with one attached hydrogen (secondary N) is 1. The second-order valence-electron chi connectivity index (χ2n) is 4.99. The van der Waals surface area contributed by atoms with Crippen LogP contribution in [0.2, 0.25) is 0 Å². The summed E-state index contributed by atoms with van der Waals surface area (Å²) in [6, 6.07) is -0.0199. The first-order valence-electron chi connectivity index (χ1n) is 6.16. The van der Waals surface area contributed by atoms with Crippen LogP contribution in [0.4, 0.5) is 4.79 Å². The lowest BCUT2D eigenvalue weighted by Gasteiger charge is -2.25. The Morgan fingerprint density at radius 1 is 1.50 bits per heavy atom. The summed E-state index contributed by atoms with van der Waals surface area (Å²) in [4.78, 5) is 24.5. The molecule has 18 heavy (non-hydrogen) atoms. The normalized spacial score (nSPS) is 17.9. The number of amides is 2. The lowest BCUT2D eigenvalue weighted by molar-refractivity contribution is -0.143. The third-order valence-corrected chi connectivity index (χ3v) is 4.25. The SMILES string of the molecule is CSCCC(C)N(C)C(=O)NCC1(C(=O)O)CC1. The number of urea groups is 1. The van der Waals surface area contributed by atoms with E-state index in [0.717, 1.165) is 12.2 Å². The van der Waals surface area contributed by atoms with E-state index in [9.17, 15) is 9.59 Å². The molecule has 1 saturated carbocycles. The second kappa shape index (κ2) is 6.31. The second-order valence-corrected chi connectivity index (χ2v) is 5.97. The van der Waals surface area contributed by atoms with Gasteiger partial charge >= 0.3 is 12.0 Å². The fourth-order valence-electron chi connectivity index (χ4n) is 1.67. The van der Waals surface area contributed by atoms with Crippen molar-refractivity contribution in [3.63, 3.8) is 0 Å². The first kappa shape index (κ1) is 15.1. The van der Waals surface area contributed by atoms with Crippen molar-refractivity contribution in [2.75, 3.05) is 25.6 Å². The first-order valence-corrected chi connectivity index (χ1v) is 7.55. The summed E-state index contributed by atoms with van der Waals surface area (Å²) in [6.07, 6.45) is 4.30. The lowest BCUT2D eigenvalue weighted by atomic mass is 10.1. The molecule has 1 unspecified atom stereocenters. The van der Waals surface area contributed by atoms with E-state index in [4.69, 9.17) is 5.11 Å². The summed E-state index contributed by atoms with van der Waals surface area (Å²) in [5.41, 5.74) is -0.695. The van der Waals surface area contributed by atoms with Crippen molar-refractivity contribution in [3.05, 3.63) is 0 Å². The standard InChI is InChI=1S/C12H22N2O3S/c1-9(4-7-18-3)14(2)11(17)13-8-12(5-6-12)10(15)16/h9H,4-8H2,1-3H3,(H,13,17)(H,15,16). The molecule has 5 nitrogen and oxygen atoms in total. The average molecular weight is 274 g/mol. The van der Waals surface area contributed by atoms with E-state index in [2.05, 4.69) is 5.32 Å². The van der Waals surface area contributed by atoms with E-state index in [1.165, 1.54) is 0 Å². The predicted octanol–water partition coefficient (Wildman–Crippen LogP) is 1.63. The zero-order valence-electron chi connectivity index (χ0n) is 11.2. The van der Waals surface area contributed by atoms with Crippen molar-refractivity contribution in [1.29, 1.82) is 0 Å². The Kier molecular flexibility index (Phi) is 5.31. The number of carbonyl (C=O) groups is 2. The minimum absolute atomic E-state index is 0.164. The number of carbonyl (C=O) groups excluding carboxylic acids is 1. The highest BCUT2D eigenvalue weighted by molar-refractivity contribution is 7.98. The Hall–Kier alpha value is -0.910. The largest absolute Gasteiger partial charge is 0.481 e. The molecule has 1 aliphatic carbocycles. The van der Waals surface area contributed by atoms with Gasteiger partial charge in [-0.2, -0.15) is 11.8 Å². The maximum atomic E-state index is 11.9. The Labute approximate surface area is 112 Å². The quantitative estimate of drug-likeness (QED) is 0.740. The summed E-state index contributed by atoms with van der Waals surface area (Å²) >= 11 is 1.75. The van der Waals surface area contributed by atoms with Crippen molar-refractivity contribution in [1.82, 2.24) is 10.2 Å². The Morgan fingerprint density at radius 2 is 2.11 bits per heavy atom. The van der Waals surface area contributed by atoms with Gasteiger partial charge < -0.3 is 15.3 Å². The Balaban J connectivity index is 2.34. The summed E-state index contributed by atoms with van der Waals surface area (Å²) in [7, 11) is 1.75. The molecule has 2 N–H and O–H groups in total. The molecule has 1 aliphatic rings. The highest BCUT2D eigenvalue weighted by atomic mass is 32.2. The summed E-state index contributed by atoms with van der Waals surface area (Å²) in [5.74, 6) is 0.207. The molecule has 0 aliphatic heterocycles. The van der Waals surface area contributed by atoms with Crippen LogP contribution in [0.15, 0.2) is 0 Å². The summed E-state index contributed by atoms with van der Waals surface area (Å²) < 4.78 is 0. The van der Waals surface area contributed by atoms with Gasteiger partial charge in [-0.1, -0.05) is 0 Å². The van der Waals surface area contributed by atoms with Gasteiger partial charge in [-0.05, 0) is 38.2 Å². The number of hydrogen-bond acceptors (Lipinski definition) is 3. The molecular formula is C12H22N2O3S. The van der Waals surface area contributed by atoms with Crippen molar-refractivity contribution in [2.45, 2.75) is 32.2 Å². The van der Waals surface area contributed by atoms with Crippen LogP contribution in [0.3, 0.4) is 0 Å². The van der Waals surface area contributed by atoms with Crippen LogP contribution in [-0.4, -0.2) is 53.6 Å². The zero-order valence-corrected chi connectivity index (χ0v) is 12.0. The molecule has 1 atom stereocenters. The van der Waals surface area contributed by atoms with Gasteiger partial charge in [0.05, 0.1) is 5.41 Å². The van der Waals surface area contributed by atoms with E-state index in [1.807, 2.05) is 13.2 Å². The molecule has 0 spiro atoms. The average Bonchev–Trinajstić information content (AvgIpc) is 3.13. The highest BCUT2D eigenvalue weighted by Crippen LogP contribution is 2.45. The van der Waals surface area contributed by atoms with Gasteiger partial charge in [0.2, 0.25) is 0 Å². The minimum atomic E-state index is -0.805. The first-order chi connectivity index (χ1) is 8.43. The van der Waals surface area contributed by atoms with Crippen molar-refractivity contribution < 1.29 is 14.7 Å². The maximum Gasteiger partial charge on any atom is 0.317 e. The minimum Gasteiger partial charge on any atom is -0.481 e. The number of nitrogens with zero attached hydrogens (tertiary/aromatic N) is 1. The van der Waals surface area contributed by atoms with E-state index >= 15 is 0 Å². The van der Waals surface area contributed by atoms with Crippen LogP contribution >= 0.6 is 11.8 Å². The van der Waals surface area contributed by atoms with E-state index in [0.29, 0.717) is 12.8 Å². The number of carboxylic acid groups (broad SMARTS) is 1. The summed E-state index contributed by atoms with van der Waals surface area (Å²) in [6.45, 7) is 2.24. The fraction of sp³-hybridized carbons (Fsp3) is 0.833. The summed E-state index contributed by atoms with van der Waals surface area (Å²) in [5, 5.41) is 11.7. The molecule has 0 aromatic heterocycles. The monoisotopic (exact) mass is 274 g/mol. The molecule has 0 aromatic carbocycles. The van der Waals surface area contributed by atoms with Crippen LogP contribution in [0.1, 0.15) is 26.2 Å². The third-order valence-electron chi connectivity index (χ3n) is 3.61. The van der Waals surface area contributed by atoms with Crippen LogP contribution in [0.25, 0.3) is 0 Å². The van der Waals surface area contributed by atoms with Gasteiger partial charge in [-0.25, -0.2) is 4.79 Å². The molecule has 1 rings (SSSR count). The molecule has 1 fully saturated rings. The van der Waals surface area contributed by atoms with Crippen molar-refractivity contribution >= 4 is 23.8 Å². The van der Waals surface area contributed by atoms with Crippen LogP contribution < -0.4 is 5.32 Å². The molecule has 2 amide bonds. The van der Waals surface area contributed by atoms with Crippen LogP contribution in [0.5, 0.6) is 0 Å². The topological polar surface area (TPSA) is 69.6 Å². The predicted molar refractivity (Wildman–Crippen MR) is 72.9 cm³/mol. The molecule has 0 aromatic rings. The molecule has 6 heteroatoms. The Bertz CT molecular complexity index is 318. The number of hydrogen-bond donors (Lipinski definition) is 2. The number of rotatable bonds is 7. The van der Waals surface area contributed by atoms with Crippen LogP contribution in [0, 0.1) is 5.41 Å². The lowest BCUT2D eigenvalue weighted by Crippen LogP contribution is -2.45. The van der Waals surface area contributed by atoms with Crippen molar-refractivity contribution in [2.24, 2.45) is 5.41 Å². The van der Waals surface area contributed by atoms with E-state index in [1.54, 1.807) is 23.7 Å². The molecule has 0 radical (unpaired) electrons. The van der Waals surface area contributed by atoms with E-state index in [-0.39, 0.29) is 18.6 Å². The number of thioether (sulfide) groups is 1. The Morgan fingerprint density at radius 3 is 2.56 bits per heavy atom. The van der Waals surface area contributed by atoms with E-state index < -0.39 is 11.4 Å². The van der Waals surface area contributed by atoms with Gasteiger partial charge in [0.15, 0.2) is 0 Å². The fourth-order valence-corrected chi connectivity index (χ4v) is 2.25. The van der Waals surface area contributed by atoms with Crippen molar-refractivity contribution in [3.8, 4) is 0 Å². The highest BCUT2D eigenvalue weighted by Gasteiger charge is 2.50.